The average Bonchev–Trinajstić information content (AvgIpc) is 3.25. The highest BCUT2D eigenvalue weighted by Crippen LogP contribution is 2.20. The SMILES string of the molecule is CCNC(=O)[C@@H]1C[C@H](NC(=O)Cc2cccc(C)c2)CN1Cc1cnc[nH]1. The van der Waals surface area contributed by atoms with E-state index in [1.165, 1.54) is 0 Å². The van der Waals surface area contributed by atoms with Gasteiger partial charge in [-0.25, -0.2) is 4.98 Å². The molecule has 1 aliphatic rings. The van der Waals surface area contributed by atoms with Gasteiger partial charge in [0.15, 0.2) is 0 Å². The molecule has 7 heteroatoms. The Morgan fingerprint density at radius 3 is 2.93 bits per heavy atom. The normalized spacial score (nSPS) is 19.8. The van der Waals surface area contributed by atoms with Crippen LogP contribution < -0.4 is 10.6 Å². The number of likely N-dealkylation sites (N-methyl/N-ethyl adjacent to an activating group) is 1. The molecule has 2 atom stereocenters. The molecule has 2 heterocycles. The molecule has 0 bridgehead atoms. The maximum Gasteiger partial charge on any atom is 0.237 e. The Labute approximate surface area is 159 Å². The number of imidazole rings is 1. The number of hydrogen-bond acceptors (Lipinski definition) is 4. The molecule has 1 aromatic carbocycles. The monoisotopic (exact) mass is 369 g/mol. The molecule has 0 saturated carbocycles. The van der Waals surface area contributed by atoms with E-state index in [9.17, 15) is 9.59 Å². The third-order valence-electron chi connectivity index (χ3n) is 4.80. The Balaban J connectivity index is 1.61. The van der Waals surface area contributed by atoms with E-state index in [2.05, 4.69) is 25.5 Å². The number of carbonyl (C=O) groups is 2. The van der Waals surface area contributed by atoms with E-state index in [1.807, 2.05) is 38.1 Å². The fraction of sp³-hybridized carbons (Fsp3) is 0.450. The van der Waals surface area contributed by atoms with E-state index < -0.39 is 0 Å². The molecule has 3 rings (SSSR count). The van der Waals surface area contributed by atoms with Crippen LogP contribution in [0.2, 0.25) is 0 Å². The summed E-state index contributed by atoms with van der Waals surface area (Å²) in [7, 11) is 0. The van der Waals surface area contributed by atoms with Gasteiger partial charge in [-0.1, -0.05) is 29.8 Å². The summed E-state index contributed by atoms with van der Waals surface area (Å²) in [5.41, 5.74) is 3.10. The minimum Gasteiger partial charge on any atom is -0.355 e. The van der Waals surface area contributed by atoms with Crippen LogP contribution in [0.3, 0.4) is 0 Å². The van der Waals surface area contributed by atoms with Crippen molar-refractivity contribution in [2.24, 2.45) is 0 Å². The molecular weight excluding hydrogens is 342 g/mol. The Kier molecular flexibility index (Phi) is 6.24. The summed E-state index contributed by atoms with van der Waals surface area (Å²) in [6, 6.07) is 7.67. The van der Waals surface area contributed by atoms with Crippen molar-refractivity contribution in [3.63, 3.8) is 0 Å². The largest absolute Gasteiger partial charge is 0.355 e. The van der Waals surface area contributed by atoms with Crippen LogP contribution in [0.1, 0.15) is 30.2 Å². The van der Waals surface area contributed by atoms with Gasteiger partial charge in [-0.15, -0.1) is 0 Å². The Hall–Kier alpha value is -2.67. The second kappa shape index (κ2) is 8.81. The number of likely N-dealkylation sites (tertiary alicyclic amines) is 1. The quantitative estimate of drug-likeness (QED) is 0.683. The van der Waals surface area contributed by atoms with Gasteiger partial charge in [0.1, 0.15) is 0 Å². The number of nitrogens with zero attached hydrogens (tertiary/aromatic N) is 2. The minimum atomic E-state index is -0.252. The van der Waals surface area contributed by atoms with Crippen molar-refractivity contribution in [1.82, 2.24) is 25.5 Å². The van der Waals surface area contributed by atoms with Gasteiger partial charge in [-0.05, 0) is 25.8 Å². The maximum atomic E-state index is 12.5. The van der Waals surface area contributed by atoms with E-state index in [0.29, 0.717) is 32.5 Å². The molecule has 144 valence electrons. The zero-order valence-corrected chi connectivity index (χ0v) is 15.9. The summed E-state index contributed by atoms with van der Waals surface area (Å²) >= 11 is 0. The van der Waals surface area contributed by atoms with Gasteiger partial charge in [-0.2, -0.15) is 0 Å². The number of carbonyl (C=O) groups excluding carboxylic acids is 2. The van der Waals surface area contributed by atoms with Gasteiger partial charge < -0.3 is 15.6 Å². The first-order valence-electron chi connectivity index (χ1n) is 9.39. The van der Waals surface area contributed by atoms with E-state index in [-0.39, 0.29) is 23.9 Å². The highest BCUT2D eigenvalue weighted by molar-refractivity contribution is 5.83. The number of rotatable bonds is 7. The number of nitrogens with one attached hydrogen (secondary N) is 3. The number of benzene rings is 1. The lowest BCUT2D eigenvalue weighted by Gasteiger charge is -2.22. The van der Waals surface area contributed by atoms with Gasteiger partial charge in [-0.3, -0.25) is 14.5 Å². The van der Waals surface area contributed by atoms with Crippen molar-refractivity contribution in [3.8, 4) is 0 Å². The molecule has 2 amide bonds. The predicted octanol–water partition coefficient (Wildman–Crippen LogP) is 1.16. The lowest BCUT2D eigenvalue weighted by Crippen LogP contribution is -2.42. The Morgan fingerprint density at radius 2 is 2.22 bits per heavy atom. The maximum absolute atomic E-state index is 12.5. The fourth-order valence-electron chi connectivity index (χ4n) is 3.62. The summed E-state index contributed by atoms with van der Waals surface area (Å²) in [5, 5.41) is 5.99. The molecule has 1 aromatic heterocycles. The molecule has 2 aromatic rings. The summed E-state index contributed by atoms with van der Waals surface area (Å²) in [6.07, 6.45) is 4.36. The highest BCUT2D eigenvalue weighted by Gasteiger charge is 2.37. The van der Waals surface area contributed by atoms with Crippen LogP contribution in [0, 0.1) is 6.92 Å². The molecule has 0 unspecified atom stereocenters. The van der Waals surface area contributed by atoms with Gasteiger partial charge >= 0.3 is 0 Å². The van der Waals surface area contributed by atoms with Crippen LogP contribution in [0.4, 0.5) is 0 Å². The fourth-order valence-corrected chi connectivity index (χ4v) is 3.62. The van der Waals surface area contributed by atoms with E-state index in [1.54, 1.807) is 12.5 Å². The van der Waals surface area contributed by atoms with Crippen molar-refractivity contribution in [2.45, 2.75) is 45.3 Å². The van der Waals surface area contributed by atoms with E-state index in [0.717, 1.165) is 16.8 Å². The summed E-state index contributed by atoms with van der Waals surface area (Å²) in [6.45, 7) is 5.76. The zero-order valence-electron chi connectivity index (χ0n) is 15.9. The number of H-pyrrole nitrogens is 1. The molecule has 0 spiro atoms. The van der Waals surface area contributed by atoms with Crippen LogP contribution in [0.25, 0.3) is 0 Å². The molecule has 0 aliphatic carbocycles. The topological polar surface area (TPSA) is 90.1 Å². The van der Waals surface area contributed by atoms with Gasteiger partial charge in [0.25, 0.3) is 0 Å². The minimum absolute atomic E-state index is 0.00690. The third-order valence-corrected chi connectivity index (χ3v) is 4.80. The molecule has 3 N–H and O–H groups in total. The van der Waals surface area contributed by atoms with E-state index in [4.69, 9.17) is 0 Å². The molecule has 1 fully saturated rings. The smallest absolute Gasteiger partial charge is 0.237 e. The molecule has 7 nitrogen and oxygen atoms in total. The summed E-state index contributed by atoms with van der Waals surface area (Å²) in [5.74, 6) is -0.00362. The highest BCUT2D eigenvalue weighted by atomic mass is 16.2. The lowest BCUT2D eigenvalue weighted by molar-refractivity contribution is -0.125. The standard InChI is InChI=1S/C20H27N5O2/c1-3-22-20(27)18-9-16(11-25(18)12-17-10-21-13-23-17)24-19(26)8-15-6-4-5-14(2)7-15/h4-7,10,13,16,18H,3,8-9,11-12H2,1-2H3,(H,21,23)(H,22,27)(H,24,26)/t16-,18-/m0/s1. The van der Waals surface area contributed by atoms with Crippen LogP contribution in [0.5, 0.6) is 0 Å². The average molecular weight is 369 g/mol. The van der Waals surface area contributed by atoms with Crippen molar-refractivity contribution in [3.05, 3.63) is 53.6 Å². The number of aryl methyl sites for hydroxylation is 1. The predicted molar refractivity (Wildman–Crippen MR) is 103 cm³/mol. The Morgan fingerprint density at radius 1 is 1.37 bits per heavy atom. The first-order valence-corrected chi connectivity index (χ1v) is 9.39. The second-order valence-electron chi connectivity index (χ2n) is 7.08. The van der Waals surface area contributed by atoms with Crippen LogP contribution >= 0.6 is 0 Å². The van der Waals surface area contributed by atoms with Crippen LogP contribution in [-0.4, -0.2) is 51.9 Å². The summed E-state index contributed by atoms with van der Waals surface area (Å²) in [4.78, 5) is 34.1. The zero-order chi connectivity index (χ0) is 19.2. The number of amides is 2. The molecule has 1 saturated heterocycles. The van der Waals surface area contributed by atoms with E-state index >= 15 is 0 Å². The molecular formula is C20H27N5O2. The number of aromatic amines is 1. The lowest BCUT2D eigenvalue weighted by atomic mass is 10.1. The van der Waals surface area contributed by atoms with Gasteiger partial charge in [0.05, 0.1) is 18.8 Å². The van der Waals surface area contributed by atoms with Gasteiger partial charge in [0.2, 0.25) is 11.8 Å². The van der Waals surface area contributed by atoms with Crippen molar-refractivity contribution >= 4 is 11.8 Å². The van der Waals surface area contributed by atoms with Crippen LogP contribution in [-0.2, 0) is 22.6 Å². The number of hydrogen-bond donors (Lipinski definition) is 3. The number of aromatic nitrogens is 2. The Bertz CT molecular complexity index is 774. The van der Waals surface area contributed by atoms with Crippen molar-refractivity contribution < 1.29 is 9.59 Å². The van der Waals surface area contributed by atoms with Crippen molar-refractivity contribution in [1.29, 1.82) is 0 Å². The van der Waals surface area contributed by atoms with Gasteiger partial charge in [0, 0.05) is 37.6 Å². The summed E-state index contributed by atoms with van der Waals surface area (Å²) < 4.78 is 0. The molecule has 0 radical (unpaired) electrons. The first-order chi connectivity index (χ1) is 13.0. The first kappa shape index (κ1) is 19.1. The molecule has 1 aliphatic heterocycles. The molecule has 27 heavy (non-hydrogen) atoms. The van der Waals surface area contributed by atoms with Crippen molar-refractivity contribution in [2.75, 3.05) is 13.1 Å². The second-order valence-corrected chi connectivity index (χ2v) is 7.08. The van der Waals surface area contributed by atoms with Crippen LogP contribution in [0.15, 0.2) is 36.8 Å². The third kappa shape index (κ3) is 5.17.